The molecule has 0 atom stereocenters. The maximum absolute atomic E-state index is 11.3. The third kappa shape index (κ3) is 3.79. The molecule has 138 valence electrons. The summed E-state index contributed by atoms with van der Waals surface area (Å²) >= 11 is 12.5. The van der Waals surface area contributed by atoms with Crippen molar-refractivity contribution in [3.8, 4) is 5.75 Å². The number of carbonyl (C=O) groups is 1. The minimum absolute atomic E-state index is 0.0396. The molecule has 2 N–H and O–H groups in total. The van der Waals surface area contributed by atoms with Crippen molar-refractivity contribution in [3.05, 3.63) is 73.4 Å². The molecule has 0 bridgehead atoms. The van der Waals surface area contributed by atoms with Gasteiger partial charge in [-0.15, -0.1) is 0 Å². The summed E-state index contributed by atoms with van der Waals surface area (Å²) in [5.74, 6) is -0.481. The topological polar surface area (TPSA) is 108 Å². The van der Waals surface area contributed by atoms with Crippen molar-refractivity contribution < 1.29 is 14.5 Å². The number of pyridine rings is 1. The summed E-state index contributed by atoms with van der Waals surface area (Å²) in [6, 6.07) is 9.07. The molecule has 27 heavy (non-hydrogen) atoms. The quantitative estimate of drug-likeness (QED) is 0.498. The lowest BCUT2D eigenvalue weighted by Crippen LogP contribution is -2.12. The number of ether oxygens (including phenoxy) is 1. The van der Waals surface area contributed by atoms with E-state index in [4.69, 9.17) is 33.7 Å². The van der Waals surface area contributed by atoms with Crippen molar-refractivity contribution in [2.75, 3.05) is 0 Å². The lowest BCUT2D eigenvalue weighted by atomic mass is 10.1. The average Bonchev–Trinajstić information content (AvgIpc) is 2.60. The van der Waals surface area contributed by atoms with Crippen LogP contribution in [0, 0.1) is 17.0 Å². The van der Waals surface area contributed by atoms with E-state index in [1.54, 1.807) is 12.1 Å². The number of nitro benzene ring substituents is 1. The molecule has 0 fully saturated rings. The molecule has 0 aliphatic rings. The molecule has 3 aromatic rings. The molecule has 0 saturated carbocycles. The van der Waals surface area contributed by atoms with Crippen LogP contribution in [0.3, 0.4) is 0 Å². The van der Waals surface area contributed by atoms with E-state index in [-0.39, 0.29) is 34.2 Å². The van der Waals surface area contributed by atoms with Crippen LogP contribution in [0.1, 0.15) is 21.6 Å². The van der Waals surface area contributed by atoms with Crippen LogP contribution in [-0.4, -0.2) is 15.8 Å². The Labute approximate surface area is 163 Å². The van der Waals surface area contributed by atoms with Crippen molar-refractivity contribution in [3.63, 3.8) is 0 Å². The third-order valence-electron chi connectivity index (χ3n) is 3.92. The monoisotopic (exact) mass is 405 g/mol. The fourth-order valence-corrected chi connectivity index (χ4v) is 3.16. The molecule has 0 saturated heterocycles. The van der Waals surface area contributed by atoms with E-state index in [1.807, 2.05) is 6.92 Å². The van der Waals surface area contributed by atoms with E-state index in [2.05, 4.69) is 4.98 Å². The molecule has 3 rings (SSSR count). The van der Waals surface area contributed by atoms with Gasteiger partial charge in [-0.3, -0.25) is 14.9 Å². The minimum Gasteiger partial charge on any atom is -0.485 e. The SMILES string of the molecule is Cc1ccc2c(Cl)cc(Cl)c(OCc3ccc(C(N)=O)cc3[N+](=O)[O-])c2n1. The highest BCUT2D eigenvalue weighted by atomic mass is 35.5. The molecule has 9 heteroatoms. The number of halogens is 2. The number of nitro groups is 1. The summed E-state index contributed by atoms with van der Waals surface area (Å²) in [7, 11) is 0. The van der Waals surface area contributed by atoms with Gasteiger partial charge in [-0.05, 0) is 37.3 Å². The Morgan fingerprint density at radius 1 is 1.22 bits per heavy atom. The minimum atomic E-state index is -0.753. The molecule has 0 spiro atoms. The van der Waals surface area contributed by atoms with Crippen molar-refractivity contribution in [2.45, 2.75) is 13.5 Å². The Hall–Kier alpha value is -2.90. The Balaban J connectivity index is 2.02. The summed E-state index contributed by atoms with van der Waals surface area (Å²) in [5, 5.41) is 12.6. The number of primary amides is 1. The largest absolute Gasteiger partial charge is 0.485 e. The van der Waals surface area contributed by atoms with Gasteiger partial charge in [-0.2, -0.15) is 0 Å². The predicted octanol–water partition coefficient (Wildman–Crippen LogP) is 4.44. The number of fused-ring (bicyclic) bond motifs is 1. The molecule has 0 radical (unpaired) electrons. The first-order valence-corrected chi connectivity index (χ1v) is 8.49. The van der Waals surface area contributed by atoms with Gasteiger partial charge in [-0.1, -0.05) is 23.2 Å². The number of nitrogens with zero attached hydrogens (tertiary/aromatic N) is 2. The van der Waals surface area contributed by atoms with E-state index in [0.717, 1.165) is 11.8 Å². The van der Waals surface area contributed by atoms with Gasteiger partial charge in [0.05, 0.1) is 20.5 Å². The third-order valence-corrected chi connectivity index (χ3v) is 4.51. The van der Waals surface area contributed by atoms with Crippen LogP contribution in [-0.2, 0) is 6.61 Å². The maximum Gasteiger partial charge on any atom is 0.276 e. The zero-order chi connectivity index (χ0) is 19.7. The Morgan fingerprint density at radius 3 is 2.63 bits per heavy atom. The first-order chi connectivity index (χ1) is 12.8. The molecule has 1 heterocycles. The molecular formula is C18H13Cl2N3O4. The standard InChI is InChI=1S/C18H13Cl2N3O4/c1-9-2-5-12-13(19)7-14(20)17(16(12)22-9)27-8-11-4-3-10(18(21)24)6-15(11)23(25)26/h2-7H,8H2,1H3,(H2,21,24). The smallest absolute Gasteiger partial charge is 0.276 e. The van der Waals surface area contributed by atoms with Crippen molar-refractivity contribution in [2.24, 2.45) is 5.73 Å². The number of aromatic nitrogens is 1. The van der Waals surface area contributed by atoms with Gasteiger partial charge >= 0.3 is 0 Å². The van der Waals surface area contributed by atoms with Crippen molar-refractivity contribution in [1.82, 2.24) is 4.98 Å². The number of hydrogen-bond donors (Lipinski definition) is 1. The number of rotatable bonds is 5. The van der Waals surface area contributed by atoms with Crippen LogP contribution in [0.2, 0.25) is 10.0 Å². The first kappa shape index (κ1) is 18.9. The van der Waals surface area contributed by atoms with E-state index in [9.17, 15) is 14.9 Å². The molecule has 0 aliphatic heterocycles. The molecule has 0 aliphatic carbocycles. The molecule has 1 aromatic heterocycles. The number of aryl methyl sites for hydroxylation is 1. The number of amides is 1. The van der Waals surface area contributed by atoms with Gasteiger partial charge in [-0.25, -0.2) is 4.98 Å². The molecule has 7 nitrogen and oxygen atoms in total. The highest BCUT2D eigenvalue weighted by Gasteiger charge is 2.19. The first-order valence-electron chi connectivity index (χ1n) is 7.73. The van der Waals surface area contributed by atoms with Crippen molar-refractivity contribution in [1.29, 1.82) is 0 Å². The second-order valence-electron chi connectivity index (χ2n) is 5.77. The Morgan fingerprint density at radius 2 is 1.96 bits per heavy atom. The fourth-order valence-electron chi connectivity index (χ4n) is 2.59. The maximum atomic E-state index is 11.3. The van der Waals surface area contributed by atoms with Crippen molar-refractivity contribution >= 4 is 45.7 Å². The van der Waals surface area contributed by atoms with Gasteiger partial charge in [0.15, 0.2) is 5.75 Å². The van der Waals surface area contributed by atoms with Gasteiger partial charge in [0.2, 0.25) is 5.91 Å². The van der Waals surface area contributed by atoms with Gasteiger partial charge in [0, 0.05) is 22.7 Å². The summed E-state index contributed by atoms with van der Waals surface area (Å²) in [6.07, 6.45) is 0. The molecule has 2 aromatic carbocycles. The van der Waals surface area contributed by atoms with E-state index in [1.165, 1.54) is 18.2 Å². The fraction of sp³-hybridized carbons (Fsp3) is 0.111. The zero-order valence-electron chi connectivity index (χ0n) is 14.0. The normalized spacial score (nSPS) is 10.8. The Bertz CT molecular complexity index is 1090. The number of hydrogen-bond acceptors (Lipinski definition) is 5. The molecule has 0 unspecified atom stereocenters. The summed E-state index contributed by atoms with van der Waals surface area (Å²) in [6.45, 7) is 1.66. The average molecular weight is 406 g/mol. The van der Waals surface area contributed by atoms with E-state index < -0.39 is 10.8 Å². The second-order valence-corrected chi connectivity index (χ2v) is 6.59. The molecule has 1 amide bonds. The van der Waals surface area contributed by atoms with Crippen LogP contribution in [0.5, 0.6) is 5.75 Å². The van der Waals surface area contributed by atoms with Crippen LogP contribution < -0.4 is 10.5 Å². The summed E-state index contributed by atoms with van der Waals surface area (Å²) in [4.78, 5) is 26.4. The highest BCUT2D eigenvalue weighted by Crippen LogP contribution is 2.38. The second kappa shape index (κ2) is 7.38. The lowest BCUT2D eigenvalue weighted by Gasteiger charge is -2.13. The number of benzene rings is 2. The van der Waals surface area contributed by atoms with E-state index >= 15 is 0 Å². The number of nitrogens with two attached hydrogens (primary N) is 1. The van der Waals surface area contributed by atoms with Crippen LogP contribution >= 0.6 is 23.2 Å². The lowest BCUT2D eigenvalue weighted by molar-refractivity contribution is -0.385. The van der Waals surface area contributed by atoms with Gasteiger partial charge in [0.1, 0.15) is 12.1 Å². The van der Waals surface area contributed by atoms with Crippen LogP contribution in [0.4, 0.5) is 5.69 Å². The zero-order valence-corrected chi connectivity index (χ0v) is 15.5. The Kier molecular flexibility index (Phi) is 5.16. The summed E-state index contributed by atoms with van der Waals surface area (Å²) in [5.41, 5.74) is 6.40. The van der Waals surface area contributed by atoms with Crippen LogP contribution in [0.15, 0.2) is 36.4 Å². The van der Waals surface area contributed by atoms with Gasteiger partial charge < -0.3 is 10.5 Å². The predicted molar refractivity (Wildman–Crippen MR) is 102 cm³/mol. The molecular weight excluding hydrogens is 393 g/mol. The van der Waals surface area contributed by atoms with E-state index in [0.29, 0.717) is 15.9 Å². The van der Waals surface area contributed by atoms with Gasteiger partial charge in [0.25, 0.3) is 5.69 Å². The highest BCUT2D eigenvalue weighted by molar-refractivity contribution is 6.39. The van der Waals surface area contributed by atoms with Crippen LogP contribution in [0.25, 0.3) is 10.9 Å². The number of carbonyl (C=O) groups excluding carboxylic acids is 1. The summed E-state index contributed by atoms with van der Waals surface area (Å²) < 4.78 is 5.76.